The second-order valence-corrected chi connectivity index (χ2v) is 6.18. The zero-order chi connectivity index (χ0) is 14.5. The van der Waals surface area contributed by atoms with Crippen LogP contribution in [0.15, 0.2) is 42.5 Å². The van der Waals surface area contributed by atoms with E-state index in [1.54, 1.807) is 0 Å². The Morgan fingerprint density at radius 1 is 1.25 bits per heavy atom. The monoisotopic (exact) mass is 401 g/mol. The van der Waals surface area contributed by atoms with Crippen LogP contribution < -0.4 is 10.1 Å². The largest absolute Gasteiger partial charge is 0.456 e. The average Bonchev–Trinajstić information content (AvgIpc) is 2.41. The van der Waals surface area contributed by atoms with E-state index in [1.165, 1.54) is 0 Å². The van der Waals surface area contributed by atoms with Gasteiger partial charge in [-0.3, -0.25) is 0 Å². The molecule has 106 valence electrons. The third kappa shape index (κ3) is 4.11. The van der Waals surface area contributed by atoms with Crippen molar-refractivity contribution in [2.24, 2.45) is 0 Å². The highest BCUT2D eigenvalue weighted by molar-refractivity contribution is 14.1. The molecule has 0 amide bonds. The smallest absolute Gasteiger partial charge is 0.146 e. The minimum absolute atomic E-state index is 0.282. The lowest BCUT2D eigenvalue weighted by molar-refractivity contribution is 0.481. The molecule has 0 saturated heterocycles. The molecule has 1 N–H and O–H groups in total. The van der Waals surface area contributed by atoms with Gasteiger partial charge in [0.05, 0.1) is 5.02 Å². The number of hydrogen-bond donors (Lipinski definition) is 1. The first-order valence-electron chi connectivity index (χ1n) is 6.56. The van der Waals surface area contributed by atoms with Crippen LogP contribution in [0.1, 0.15) is 25.5 Å². The maximum absolute atomic E-state index is 6.31. The van der Waals surface area contributed by atoms with Crippen LogP contribution in [0, 0.1) is 3.57 Å². The van der Waals surface area contributed by atoms with E-state index in [9.17, 15) is 0 Å². The van der Waals surface area contributed by atoms with Gasteiger partial charge in [-0.2, -0.15) is 0 Å². The van der Waals surface area contributed by atoms with Gasteiger partial charge in [0.1, 0.15) is 11.5 Å². The van der Waals surface area contributed by atoms with Crippen molar-refractivity contribution in [3.8, 4) is 11.5 Å². The van der Waals surface area contributed by atoms with Gasteiger partial charge < -0.3 is 10.1 Å². The number of hydrogen-bond acceptors (Lipinski definition) is 2. The summed E-state index contributed by atoms with van der Waals surface area (Å²) >= 11 is 8.57. The van der Waals surface area contributed by atoms with Crippen LogP contribution in [0.3, 0.4) is 0 Å². The predicted octanol–water partition coefficient (Wildman–Crippen LogP) is 5.41. The molecule has 0 radical (unpaired) electrons. The molecule has 2 nitrogen and oxygen atoms in total. The summed E-state index contributed by atoms with van der Waals surface area (Å²) in [6.07, 6.45) is 0. The summed E-state index contributed by atoms with van der Waals surface area (Å²) in [5.74, 6) is 1.48. The van der Waals surface area contributed by atoms with Gasteiger partial charge in [0, 0.05) is 9.61 Å². The molecule has 0 aliphatic carbocycles. The van der Waals surface area contributed by atoms with Crippen LogP contribution in [0.2, 0.25) is 5.02 Å². The summed E-state index contributed by atoms with van der Waals surface area (Å²) in [6, 6.07) is 14.1. The van der Waals surface area contributed by atoms with Crippen molar-refractivity contribution in [1.29, 1.82) is 0 Å². The molecule has 0 aromatic heterocycles. The van der Waals surface area contributed by atoms with Crippen molar-refractivity contribution in [3.05, 3.63) is 56.6 Å². The molecule has 0 spiro atoms. The molecule has 1 atom stereocenters. The van der Waals surface area contributed by atoms with E-state index in [1.807, 2.05) is 42.5 Å². The van der Waals surface area contributed by atoms with Gasteiger partial charge >= 0.3 is 0 Å². The van der Waals surface area contributed by atoms with Crippen LogP contribution in [-0.4, -0.2) is 6.54 Å². The van der Waals surface area contributed by atoms with E-state index in [0.29, 0.717) is 10.8 Å². The number of halogens is 2. The lowest BCUT2D eigenvalue weighted by atomic mass is 10.1. The molecular weight excluding hydrogens is 385 g/mol. The van der Waals surface area contributed by atoms with Gasteiger partial charge in [-0.25, -0.2) is 0 Å². The second-order valence-electron chi connectivity index (χ2n) is 4.53. The summed E-state index contributed by atoms with van der Waals surface area (Å²) in [7, 11) is 0. The van der Waals surface area contributed by atoms with E-state index in [2.05, 4.69) is 41.8 Å². The van der Waals surface area contributed by atoms with E-state index >= 15 is 0 Å². The summed E-state index contributed by atoms with van der Waals surface area (Å²) < 4.78 is 6.96. The second kappa shape index (κ2) is 7.29. The van der Waals surface area contributed by atoms with Gasteiger partial charge in [0.2, 0.25) is 0 Å². The topological polar surface area (TPSA) is 21.3 Å². The van der Waals surface area contributed by atoms with E-state index in [4.69, 9.17) is 16.3 Å². The SMILES string of the molecule is CCNC(C)c1ccc(Oc2cccc(I)c2)c(Cl)c1. The Bertz CT molecular complexity index is 588. The molecule has 2 aromatic carbocycles. The molecule has 0 fully saturated rings. The molecular formula is C16H17ClINO. The third-order valence-electron chi connectivity index (χ3n) is 2.99. The fraction of sp³-hybridized carbons (Fsp3) is 0.250. The van der Waals surface area contributed by atoms with Crippen LogP contribution in [0.5, 0.6) is 11.5 Å². The van der Waals surface area contributed by atoms with Crippen LogP contribution in [0.25, 0.3) is 0 Å². The van der Waals surface area contributed by atoms with Crippen molar-refractivity contribution in [1.82, 2.24) is 5.32 Å². The molecule has 0 bridgehead atoms. The van der Waals surface area contributed by atoms with Crippen molar-refractivity contribution < 1.29 is 4.74 Å². The summed E-state index contributed by atoms with van der Waals surface area (Å²) in [5.41, 5.74) is 1.16. The Morgan fingerprint density at radius 3 is 2.70 bits per heavy atom. The first-order valence-corrected chi connectivity index (χ1v) is 8.02. The minimum Gasteiger partial charge on any atom is -0.456 e. The van der Waals surface area contributed by atoms with Crippen molar-refractivity contribution in [2.75, 3.05) is 6.54 Å². The van der Waals surface area contributed by atoms with E-state index < -0.39 is 0 Å². The zero-order valence-corrected chi connectivity index (χ0v) is 14.4. The Balaban J connectivity index is 2.17. The normalized spacial score (nSPS) is 12.2. The van der Waals surface area contributed by atoms with Crippen molar-refractivity contribution in [3.63, 3.8) is 0 Å². The highest BCUT2D eigenvalue weighted by atomic mass is 127. The lowest BCUT2D eigenvalue weighted by Crippen LogP contribution is -2.17. The Morgan fingerprint density at radius 2 is 2.05 bits per heavy atom. The molecule has 4 heteroatoms. The standard InChI is InChI=1S/C16H17ClINO/c1-3-19-11(2)12-7-8-16(15(17)9-12)20-14-6-4-5-13(18)10-14/h4-11,19H,3H2,1-2H3. The average molecular weight is 402 g/mol. The third-order valence-corrected chi connectivity index (χ3v) is 3.96. The Kier molecular flexibility index (Phi) is 5.69. The van der Waals surface area contributed by atoms with Crippen LogP contribution >= 0.6 is 34.2 Å². The van der Waals surface area contributed by atoms with Gasteiger partial charge in [0.25, 0.3) is 0 Å². The van der Waals surface area contributed by atoms with Gasteiger partial charge in [-0.15, -0.1) is 0 Å². The highest BCUT2D eigenvalue weighted by Crippen LogP contribution is 2.32. The molecule has 0 aliphatic rings. The molecule has 1 unspecified atom stereocenters. The molecule has 0 heterocycles. The summed E-state index contributed by atoms with van der Waals surface area (Å²) in [6.45, 7) is 5.14. The fourth-order valence-electron chi connectivity index (χ4n) is 1.95. The highest BCUT2D eigenvalue weighted by Gasteiger charge is 2.09. The van der Waals surface area contributed by atoms with Gasteiger partial charge in [0.15, 0.2) is 0 Å². The minimum atomic E-state index is 0.282. The summed E-state index contributed by atoms with van der Waals surface area (Å²) in [5, 5.41) is 4.00. The van der Waals surface area contributed by atoms with E-state index in [0.717, 1.165) is 21.4 Å². The molecule has 0 saturated carbocycles. The Hall–Kier alpha value is -0.780. The zero-order valence-electron chi connectivity index (χ0n) is 11.5. The van der Waals surface area contributed by atoms with E-state index in [-0.39, 0.29) is 6.04 Å². The quantitative estimate of drug-likeness (QED) is 0.677. The van der Waals surface area contributed by atoms with Crippen molar-refractivity contribution in [2.45, 2.75) is 19.9 Å². The summed E-state index contributed by atoms with van der Waals surface area (Å²) in [4.78, 5) is 0. The maximum atomic E-state index is 6.31. The molecule has 0 aliphatic heterocycles. The van der Waals surface area contributed by atoms with Crippen LogP contribution in [0.4, 0.5) is 0 Å². The molecule has 20 heavy (non-hydrogen) atoms. The first-order chi connectivity index (χ1) is 9.60. The Labute approximate surface area is 138 Å². The van der Waals surface area contributed by atoms with Gasteiger partial charge in [-0.1, -0.05) is 30.7 Å². The number of benzene rings is 2. The lowest BCUT2D eigenvalue weighted by Gasteiger charge is -2.15. The number of ether oxygens (including phenoxy) is 1. The maximum Gasteiger partial charge on any atom is 0.146 e. The number of nitrogens with one attached hydrogen (secondary N) is 1. The van der Waals surface area contributed by atoms with Crippen LogP contribution in [-0.2, 0) is 0 Å². The fourth-order valence-corrected chi connectivity index (χ4v) is 2.69. The predicted molar refractivity (Wildman–Crippen MR) is 92.8 cm³/mol. The first kappa shape index (κ1) is 15.6. The molecule has 2 aromatic rings. The van der Waals surface area contributed by atoms with Gasteiger partial charge in [-0.05, 0) is 72.0 Å². The van der Waals surface area contributed by atoms with Crippen molar-refractivity contribution >= 4 is 34.2 Å². The number of rotatable bonds is 5. The molecule has 2 rings (SSSR count).